The molecule has 0 aliphatic carbocycles. The van der Waals surface area contributed by atoms with Gasteiger partial charge in [0.25, 0.3) is 0 Å². The zero-order valence-electron chi connectivity index (χ0n) is 11.0. The SMILES string of the molecule is O=C([C@@H]1CCCN1)N1CCCN(c2nccs2)CC1. The molecule has 2 saturated heterocycles. The standard InChI is InChI=1S/C13H20N4OS/c18-12(11-3-1-4-14-11)16-6-2-7-17(9-8-16)13-15-5-10-19-13/h5,10-11,14H,1-4,6-9H2/t11-/m0/s1. The number of hydrogen-bond donors (Lipinski definition) is 1. The van der Waals surface area contributed by atoms with E-state index < -0.39 is 0 Å². The number of carbonyl (C=O) groups is 1. The molecule has 0 unspecified atom stereocenters. The minimum Gasteiger partial charge on any atom is -0.346 e. The number of amides is 1. The molecular weight excluding hydrogens is 260 g/mol. The Kier molecular flexibility index (Phi) is 3.98. The molecule has 6 heteroatoms. The summed E-state index contributed by atoms with van der Waals surface area (Å²) in [6.07, 6.45) is 4.98. The van der Waals surface area contributed by atoms with E-state index in [0.717, 1.165) is 57.1 Å². The quantitative estimate of drug-likeness (QED) is 0.876. The van der Waals surface area contributed by atoms with Crippen LogP contribution in [0.15, 0.2) is 11.6 Å². The zero-order valence-corrected chi connectivity index (χ0v) is 11.9. The molecule has 3 heterocycles. The van der Waals surface area contributed by atoms with Crippen LogP contribution in [0.5, 0.6) is 0 Å². The average Bonchev–Trinajstić information content (AvgIpc) is 3.08. The van der Waals surface area contributed by atoms with Crippen LogP contribution in [0.3, 0.4) is 0 Å². The number of carbonyl (C=O) groups excluding carboxylic acids is 1. The van der Waals surface area contributed by atoms with Gasteiger partial charge in [0.1, 0.15) is 0 Å². The van der Waals surface area contributed by atoms with Crippen molar-refractivity contribution >= 4 is 22.4 Å². The van der Waals surface area contributed by atoms with Crippen LogP contribution in [0.4, 0.5) is 5.13 Å². The second-order valence-electron chi connectivity index (χ2n) is 5.13. The van der Waals surface area contributed by atoms with E-state index in [9.17, 15) is 4.79 Å². The Hall–Kier alpha value is -1.14. The molecule has 3 rings (SSSR count). The third kappa shape index (κ3) is 2.90. The van der Waals surface area contributed by atoms with Crippen LogP contribution in [0.1, 0.15) is 19.3 Å². The first-order valence-electron chi connectivity index (χ1n) is 7.01. The monoisotopic (exact) mass is 280 g/mol. The number of thiazole rings is 1. The van der Waals surface area contributed by atoms with Crippen LogP contribution < -0.4 is 10.2 Å². The van der Waals surface area contributed by atoms with Gasteiger partial charge in [-0.05, 0) is 25.8 Å². The van der Waals surface area contributed by atoms with Gasteiger partial charge in [-0.3, -0.25) is 4.79 Å². The van der Waals surface area contributed by atoms with Gasteiger partial charge in [-0.15, -0.1) is 11.3 Å². The molecule has 1 N–H and O–H groups in total. The maximum atomic E-state index is 12.4. The molecule has 2 aliphatic heterocycles. The lowest BCUT2D eigenvalue weighted by molar-refractivity contribution is -0.132. The van der Waals surface area contributed by atoms with E-state index in [1.54, 1.807) is 11.3 Å². The van der Waals surface area contributed by atoms with E-state index in [4.69, 9.17) is 0 Å². The lowest BCUT2D eigenvalue weighted by Crippen LogP contribution is -2.45. The van der Waals surface area contributed by atoms with Crippen LogP contribution in [0, 0.1) is 0 Å². The predicted octanol–water partition coefficient (Wildman–Crippen LogP) is 0.934. The first-order chi connectivity index (χ1) is 9.34. The van der Waals surface area contributed by atoms with Crippen molar-refractivity contribution in [3.8, 4) is 0 Å². The maximum absolute atomic E-state index is 12.4. The summed E-state index contributed by atoms with van der Waals surface area (Å²) in [4.78, 5) is 21.1. The van der Waals surface area contributed by atoms with Crippen molar-refractivity contribution < 1.29 is 4.79 Å². The van der Waals surface area contributed by atoms with Crippen molar-refractivity contribution in [2.24, 2.45) is 0 Å². The Labute approximate surface area is 117 Å². The summed E-state index contributed by atoms with van der Waals surface area (Å²) in [5.74, 6) is 0.290. The fourth-order valence-corrected chi connectivity index (χ4v) is 3.51. The first-order valence-corrected chi connectivity index (χ1v) is 7.89. The highest BCUT2D eigenvalue weighted by atomic mass is 32.1. The number of nitrogens with one attached hydrogen (secondary N) is 1. The maximum Gasteiger partial charge on any atom is 0.239 e. The van der Waals surface area contributed by atoms with Crippen molar-refractivity contribution in [2.75, 3.05) is 37.6 Å². The van der Waals surface area contributed by atoms with Gasteiger partial charge < -0.3 is 15.1 Å². The molecule has 0 saturated carbocycles. The summed E-state index contributed by atoms with van der Waals surface area (Å²) in [5, 5.41) is 6.38. The molecule has 1 amide bonds. The van der Waals surface area contributed by atoms with Gasteiger partial charge in [-0.25, -0.2) is 4.98 Å². The topological polar surface area (TPSA) is 48.5 Å². The van der Waals surface area contributed by atoms with Crippen LogP contribution in [0.25, 0.3) is 0 Å². The van der Waals surface area contributed by atoms with E-state index in [1.807, 2.05) is 16.5 Å². The second-order valence-corrected chi connectivity index (χ2v) is 6.00. The smallest absolute Gasteiger partial charge is 0.239 e. The Morgan fingerprint density at radius 2 is 2.26 bits per heavy atom. The second kappa shape index (κ2) is 5.88. The third-order valence-electron chi connectivity index (χ3n) is 3.86. The van der Waals surface area contributed by atoms with Crippen molar-refractivity contribution in [3.05, 3.63) is 11.6 Å². The highest BCUT2D eigenvalue weighted by Crippen LogP contribution is 2.19. The van der Waals surface area contributed by atoms with Crippen LogP contribution in [-0.2, 0) is 4.79 Å². The van der Waals surface area contributed by atoms with Crippen molar-refractivity contribution in [1.82, 2.24) is 15.2 Å². The van der Waals surface area contributed by atoms with Crippen molar-refractivity contribution in [3.63, 3.8) is 0 Å². The molecule has 2 fully saturated rings. The number of hydrogen-bond acceptors (Lipinski definition) is 5. The van der Waals surface area contributed by atoms with Crippen LogP contribution >= 0.6 is 11.3 Å². The third-order valence-corrected chi connectivity index (χ3v) is 4.69. The Morgan fingerprint density at radius 1 is 1.32 bits per heavy atom. The fourth-order valence-electron chi connectivity index (χ4n) is 2.82. The fraction of sp³-hybridized carbons (Fsp3) is 0.692. The molecule has 1 aromatic heterocycles. The molecule has 19 heavy (non-hydrogen) atoms. The minimum atomic E-state index is 0.0615. The van der Waals surface area contributed by atoms with Gasteiger partial charge in [0.15, 0.2) is 5.13 Å². The summed E-state index contributed by atoms with van der Waals surface area (Å²) >= 11 is 1.67. The van der Waals surface area contributed by atoms with Crippen LogP contribution in [-0.4, -0.2) is 54.6 Å². The average molecular weight is 280 g/mol. The van der Waals surface area contributed by atoms with E-state index in [2.05, 4.69) is 15.2 Å². The summed E-state index contributed by atoms with van der Waals surface area (Å²) in [5.41, 5.74) is 0. The lowest BCUT2D eigenvalue weighted by Gasteiger charge is -2.24. The summed E-state index contributed by atoms with van der Waals surface area (Å²) in [6, 6.07) is 0.0615. The highest BCUT2D eigenvalue weighted by molar-refractivity contribution is 7.13. The van der Waals surface area contributed by atoms with Crippen LogP contribution in [0.2, 0.25) is 0 Å². The largest absolute Gasteiger partial charge is 0.346 e. The van der Waals surface area contributed by atoms with Gasteiger partial charge in [0, 0.05) is 37.8 Å². The van der Waals surface area contributed by atoms with Gasteiger partial charge in [-0.2, -0.15) is 0 Å². The molecular formula is C13H20N4OS. The lowest BCUT2D eigenvalue weighted by atomic mass is 10.2. The predicted molar refractivity (Wildman–Crippen MR) is 76.5 cm³/mol. The first kappa shape index (κ1) is 12.9. The summed E-state index contributed by atoms with van der Waals surface area (Å²) < 4.78 is 0. The van der Waals surface area contributed by atoms with Gasteiger partial charge in [0.2, 0.25) is 5.91 Å². The van der Waals surface area contributed by atoms with Crippen molar-refractivity contribution in [2.45, 2.75) is 25.3 Å². The van der Waals surface area contributed by atoms with Crippen molar-refractivity contribution in [1.29, 1.82) is 0 Å². The number of anilines is 1. The highest BCUT2D eigenvalue weighted by Gasteiger charge is 2.28. The minimum absolute atomic E-state index is 0.0615. The van der Waals surface area contributed by atoms with E-state index >= 15 is 0 Å². The molecule has 1 atom stereocenters. The number of nitrogens with zero attached hydrogens (tertiary/aromatic N) is 3. The summed E-state index contributed by atoms with van der Waals surface area (Å²) in [6.45, 7) is 4.56. The molecule has 0 radical (unpaired) electrons. The molecule has 0 aromatic carbocycles. The molecule has 0 bridgehead atoms. The Balaban J connectivity index is 1.59. The molecule has 2 aliphatic rings. The van der Waals surface area contributed by atoms with E-state index in [-0.39, 0.29) is 6.04 Å². The molecule has 1 aromatic rings. The Bertz CT molecular complexity index is 416. The number of rotatable bonds is 2. The Morgan fingerprint density at radius 3 is 3.00 bits per heavy atom. The number of aromatic nitrogens is 1. The van der Waals surface area contributed by atoms with Gasteiger partial charge >= 0.3 is 0 Å². The zero-order chi connectivity index (χ0) is 13.1. The molecule has 104 valence electrons. The van der Waals surface area contributed by atoms with Gasteiger partial charge in [0.05, 0.1) is 6.04 Å². The molecule has 5 nitrogen and oxygen atoms in total. The van der Waals surface area contributed by atoms with E-state index in [1.165, 1.54) is 0 Å². The summed E-state index contributed by atoms with van der Waals surface area (Å²) in [7, 11) is 0. The normalized spacial score (nSPS) is 24.5. The van der Waals surface area contributed by atoms with E-state index in [0.29, 0.717) is 5.91 Å². The molecule has 0 spiro atoms. The van der Waals surface area contributed by atoms with Gasteiger partial charge in [-0.1, -0.05) is 0 Å².